The minimum Gasteiger partial charge on any atom is -0.305 e. The van der Waals surface area contributed by atoms with Gasteiger partial charge in [0.1, 0.15) is 0 Å². The van der Waals surface area contributed by atoms with Gasteiger partial charge in [-0.2, -0.15) is 5.10 Å². The summed E-state index contributed by atoms with van der Waals surface area (Å²) in [6.07, 6.45) is 8.01. The van der Waals surface area contributed by atoms with Crippen LogP contribution in [0.15, 0.2) is 0 Å². The lowest BCUT2D eigenvalue weighted by Gasteiger charge is -2.35. The molecule has 2 unspecified atom stereocenters. The molecule has 4 rings (SSSR count). The normalized spacial score (nSPS) is 32.6. The van der Waals surface area contributed by atoms with Crippen molar-refractivity contribution in [2.45, 2.75) is 56.5 Å². The van der Waals surface area contributed by atoms with Gasteiger partial charge < -0.3 is 5.32 Å². The Morgan fingerprint density at radius 2 is 2.12 bits per heavy atom. The molecule has 2 bridgehead atoms. The Bertz CT molecular complexity index is 431. The zero-order valence-corrected chi connectivity index (χ0v) is 9.87. The largest absolute Gasteiger partial charge is 0.305 e. The molecule has 3 heteroatoms. The van der Waals surface area contributed by atoms with Gasteiger partial charge in [-0.3, -0.25) is 4.68 Å². The first-order valence-corrected chi connectivity index (χ1v) is 6.64. The summed E-state index contributed by atoms with van der Waals surface area (Å²) < 4.78 is 2.17. The molecule has 2 atom stereocenters. The number of hydrogen-bond donors (Lipinski definition) is 1. The van der Waals surface area contributed by atoms with Gasteiger partial charge in [0.2, 0.25) is 0 Å². The van der Waals surface area contributed by atoms with Crippen molar-refractivity contribution in [2.24, 2.45) is 7.05 Å². The lowest BCUT2D eigenvalue weighted by molar-refractivity contribution is 0.297. The fraction of sp³-hybridized carbons (Fsp3) is 0.769. The van der Waals surface area contributed by atoms with Crippen molar-refractivity contribution in [1.82, 2.24) is 15.1 Å². The van der Waals surface area contributed by atoms with Gasteiger partial charge in [-0.15, -0.1) is 0 Å². The Morgan fingerprint density at radius 1 is 1.25 bits per heavy atom. The summed E-state index contributed by atoms with van der Waals surface area (Å²) in [7, 11) is 2.13. The van der Waals surface area contributed by atoms with E-state index in [1.165, 1.54) is 44.2 Å². The Morgan fingerprint density at radius 3 is 2.94 bits per heavy atom. The molecule has 0 spiro atoms. The van der Waals surface area contributed by atoms with Crippen LogP contribution in [0.4, 0.5) is 0 Å². The topological polar surface area (TPSA) is 29.9 Å². The maximum atomic E-state index is 4.79. The highest BCUT2D eigenvalue weighted by atomic mass is 15.3. The Labute approximate surface area is 96.2 Å². The van der Waals surface area contributed by atoms with Crippen LogP contribution in [0.1, 0.15) is 61.0 Å². The van der Waals surface area contributed by atoms with Gasteiger partial charge in [0, 0.05) is 24.7 Å². The summed E-state index contributed by atoms with van der Waals surface area (Å²) in [6.45, 7) is 0. The third kappa shape index (κ3) is 1.21. The molecular formula is C13H19N3. The summed E-state index contributed by atoms with van der Waals surface area (Å²) in [4.78, 5) is 0. The van der Waals surface area contributed by atoms with E-state index in [1.54, 1.807) is 11.3 Å². The first-order valence-electron chi connectivity index (χ1n) is 6.64. The van der Waals surface area contributed by atoms with E-state index in [1.807, 2.05) is 0 Å². The minimum absolute atomic E-state index is 0.557. The predicted molar refractivity (Wildman–Crippen MR) is 62.4 cm³/mol. The van der Waals surface area contributed by atoms with Crippen LogP contribution in [0.2, 0.25) is 0 Å². The lowest BCUT2D eigenvalue weighted by atomic mass is 9.84. The van der Waals surface area contributed by atoms with Crippen LogP contribution in [0, 0.1) is 0 Å². The second kappa shape index (κ2) is 3.10. The molecule has 0 amide bonds. The smallest absolute Gasteiger partial charge is 0.0829 e. The molecule has 1 N–H and O–H groups in total. The van der Waals surface area contributed by atoms with Crippen LogP contribution < -0.4 is 5.32 Å². The molecule has 0 radical (unpaired) electrons. The molecule has 3 nitrogen and oxygen atoms in total. The maximum Gasteiger partial charge on any atom is 0.0829 e. The van der Waals surface area contributed by atoms with Crippen LogP contribution in [0.3, 0.4) is 0 Å². The van der Waals surface area contributed by atoms with Gasteiger partial charge >= 0.3 is 0 Å². The zero-order valence-electron chi connectivity index (χ0n) is 9.87. The molecule has 3 aliphatic rings. The molecular weight excluding hydrogens is 198 g/mol. The van der Waals surface area contributed by atoms with Crippen molar-refractivity contribution in [3.63, 3.8) is 0 Å². The van der Waals surface area contributed by atoms with Crippen molar-refractivity contribution >= 4 is 0 Å². The fourth-order valence-corrected chi connectivity index (χ4v) is 3.60. The van der Waals surface area contributed by atoms with E-state index in [4.69, 9.17) is 5.10 Å². The number of nitrogens with zero attached hydrogens (tertiary/aromatic N) is 2. The highest BCUT2D eigenvalue weighted by Crippen LogP contribution is 2.45. The van der Waals surface area contributed by atoms with Crippen molar-refractivity contribution in [3.05, 3.63) is 17.0 Å². The second-order valence-electron chi connectivity index (χ2n) is 5.70. The molecule has 1 aromatic rings. The van der Waals surface area contributed by atoms with Gasteiger partial charge in [0.25, 0.3) is 0 Å². The highest BCUT2D eigenvalue weighted by Gasteiger charge is 2.38. The van der Waals surface area contributed by atoms with Gasteiger partial charge in [0.05, 0.1) is 11.7 Å². The average molecular weight is 217 g/mol. The molecule has 1 saturated carbocycles. The van der Waals surface area contributed by atoms with Crippen molar-refractivity contribution in [1.29, 1.82) is 0 Å². The van der Waals surface area contributed by atoms with Crippen LogP contribution >= 0.6 is 0 Å². The highest BCUT2D eigenvalue weighted by molar-refractivity contribution is 5.37. The second-order valence-corrected chi connectivity index (χ2v) is 5.70. The zero-order chi connectivity index (χ0) is 10.7. The Kier molecular flexibility index (Phi) is 1.79. The summed E-state index contributed by atoms with van der Waals surface area (Å²) in [5.41, 5.74) is 4.55. The monoisotopic (exact) mass is 217 g/mol. The predicted octanol–water partition coefficient (Wildman–Crippen LogP) is 2.04. The van der Waals surface area contributed by atoms with Crippen LogP contribution in [0.25, 0.3) is 0 Å². The number of fused-ring (bicyclic) bond motifs is 4. The maximum absolute atomic E-state index is 4.79. The summed E-state index contributed by atoms with van der Waals surface area (Å²) in [5.74, 6) is 0.833. The third-order valence-electron chi connectivity index (χ3n) is 4.45. The van der Waals surface area contributed by atoms with Gasteiger partial charge in [0.15, 0.2) is 0 Å². The minimum atomic E-state index is 0.557. The number of hydrogen-bond acceptors (Lipinski definition) is 2. The number of nitrogens with one attached hydrogen (secondary N) is 1. The number of aromatic nitrogens is 2. The summed E-state index contributed by atoms with van der Waals surface area (Å²) in [5, 5.41) is 8.52. The molecule has 1 saturated heterocycles. The van der Waals surface area contributed by atoms with Crippen molar-refractivity contribution in [3.8, 4) is 0 Å². The van der Waals surface area contributed by atoms with E-state index >= 15 is 0 Å². The quantitative estimate of drug-likeness (QED) is 0.780. The first kappa shape index (κ1) is 9.23. The molecule has 2 aliphatic heterocycles. The van der Waals surface area contributed by atoms with E-state index in [2.05, 4.69) is 17.0 Å². The van der Waals surface area contributed by atoms with E-state index in [0.717, 1.165) is 12.0 Å². The third-order valence-corrected chi connectivity index (χ3v) is 4.45. The molecule has 3 heterocycles. The molecule has 1 aliphatic carbocycles. The Hall–Kier alpha value is -0.830. The number of aryl methyl sites for hydroxylation is 1. The first-order chi connectivity index (χ1) is 7.83. The molecule has 1 aromatic heterocycles. The van der Waals surface area contributed by atoms with Crippen molar-refractivity contribution < 1.29 is 0 Å². The lowest BCUT2D eigenvalue weighted by Crippen LogP contribution is -2.42. The van der Waals surface area contributed by atoms with E-state index in [0.29, 0.717) is 6.04 Å². The Balaban J connectivity index is 1.84. The van der Waals surface area contributed by atoms with E-state index in [-0.39, 0.29) is 0 Å². The summed E-state index contributed by atoms with van der Waals surface area (Å²) >= 11 is 0. The van der Waals surface area contributed by atoms with E-state index < -0.39 is 0 Å². The molecule has 2 fully saturated rings. The number of piperidine rings is 1. The van der Waals surface area contributed by atoms with Gasteiger partial charge in [-0.05, 0) is 44.1 Å². The van der Waals surface area contributed by atoms with Gasteiger partial charge in [-0.1, -0.05) is 0 Å². The molecule has 16 heavy (non-hydrogen) atoms. The van der Waals surface area contributed by atoms with Crippen LogP contribution in [0.5, 0.6) is 0 Å². The molecule has 0 aromatic carbocycles. The van der Waals surface area contributed by atoms with Crippen LogP contribution in [-0.2, 0) is 13.5 Å². The standard InChI is InChI=1S/C13H19N3/c1-16-13(8-5-6-8)10-7-9-3-2-4-11(14-9)12(10)15-16/h8-9,11,14H,2-7H2,1H3. The van der Waals surface area contributed by atoms with Gasteiger partial charge in [-0.25, -0.2) is 0 Å². The number of rotatable bonds is 1. The SMILES string of the molecule is Cn1nc2c(c1C1CC1)CC1CCCC2N1. The molecule has 86 valence electrons. The van der Waals surface area contributed by atoms with E-state index in [9.17, 15) is 0 Å². The van der Waals surface area contributed by atoms with Crippen LogP contribution in [-0.4, -0.2) is 15.8 Å². The fourth-order valence-electron chi connectivity index (χ4n) is 3.60. The van der Waals surface area contributed by atoms with Crippen molar-refractivity contribution in [2.75, 3.05) is 0 Å². The summed E-state index contributed by atoms with van der Waals surface area (Å²) in [6, 6.07) is 1.29. The average Bonchev–Trinajstić information content (AvgIpc) is 3.04.